The molecule has 0 spiro atoms. The molecule has 0 saturated carbocycles. The molecule has 2 aromatic rings. The molecule has 0 amide bonds. The van der Waals surface area contributed by atoms with Crippen molar-refractivity contribution in [1.29, 1.82) is 0 Å². The van der Waals surface area contributed by atoms with Crippen molar-refractivity contribution in [2.24, 2.45) is 0 Å². The van der Waals surface area contributed by atoms with E-state index in [2.05, 4.69) is 10.3 Å². The molecule has 1 aromatic heterocycles. The Bertz CT molecular complexity index is 759. The number of aromatic nitrogens is 1. The lowest BCUT2D eigenvalue weighted by Crippen LogP contribution is -2.30. The second-order valence-electron chi connectivity index (χ2n) is 4.84. The number of anilines is 2. The van der Waals surface area contributed by atoms with E-state index in [0.717, 1.165) is 17.7 Å². The highest BCUT2D eigenvalue weighted by Gasteiger charge is 2.33. The zero-order valence-corrected chi connectivity index (χ0v) is 12.6. The van der Waals surface area contributed by atoms with Crippen LogP contribution in [0.4, 0.5) is 11.4 Å². The molecule has 6 heteroatoms. The van der Waals surface area contributed by atoms with E-state index in [9.17, 15) is 8.42 Å². The molecule has 0 radical (unpaired) electrons. The van der Waals surface area contributed by atoms with Gasteiger partial charge in [0.2, 0.25) is 0 Å². The van der Waals surface area contributed by atoms with E-state index in [1.165, 1.54) is 10.5 Å². The van der Waals surface area contributed by atoms with Gasteiger partial charge in [-0.05, 0) is 37.1 Å². The van der Waals surface area contributed by atoms with E-state index in [-0.39, 0.29) is 5.03 Å². The first-order valence-corrected chi connectivity index (χ1v) is 8.38. The van der Waals surface area contributed by atoms with Crippen LogP contribution >= 0.6 is 0 Å². The van der Waals surface area contributed by atoms with Gasteiger partial charge in [-0.15, -0.1) is 0 Å². The number of nitrogens with zero attached hydrogens (tertiary/aromatic N) is 2. The maximum atomic E-state index is 12.9. The molecule has 0 bridgehead atoms. The Morgan fingerprint density at radius 1 is 1.24 bits per heavy atom. The minimum absolute atomic E-state index is 0.0866. The lowest BCUT2D eigenvalue weighted by molar-refractivity contribution is 0.589. The van der Waals surface area contributed by atoms with Gasteiger partial charge < -0.3 is 5.32 Å². The number of hydrogen-bond acceptors (Lipinski definition) is 4. The maximum absolute atomic E-state index is 12.9. The number of para-hydroxylation sites is 1. The van der Waals surface area contributed by atoms with E-state index in [0.29, 0.717) is 18.8 Å². The van der Waals surface area contributed by atoms with Crippen LogP contribution in [0.5, 0.6) is 0 Å². The molecular formula is C15H17N3O2S. The van der Waals surface area contributed by atoms with E-state index in [1.807, 2.05) is 31.2 Å². The SMILES string of the molecule is CCNc1cccnc1S(=O)(=O)N1CCc2ccccc21. The van der Waals surface area contributed by atoms with Crippen molar-refractivity contribution in [2.45, 2.75) is 18.4 Å². The fraction of sp³-hybridized carbons (Fsp3) is 0.267. The molecule has 5 nitrogen and oxygen atoms in total. The van der Waals surface area contributed by atoms with Crippen LogP contribution in [-0.4, -0.2) is 26.5 Å². The summed E-state index contributed by atoms with van der Waals surface area (Å²) < 4.78 is 27.3. The summed E-state index contributed by atoms with van der Waals surface area (Å²) in [4.78, 5) is 4.09. The molecule has 1 aliphatic rings. The molecule has 1 aromatic carbocycles. The lowest BCUT2D eigenvalue weighted by Gasteiger charge is -2.20. The summed E-state index contributed by atoms with van der Waals surface area (Å²) in [5.41, 5.74) is 2.36. The summed E-state index contributed by atoms with van der Waals surface area (Å²) in [7, 11) is -3.65. The van der Waals surface area contributed by atoms with Crippen LogP contribution in [0.2, 0.25) is 0 Å². The molecule has 0 fully saturated rings. The molecule has 0 aliphatic carbocycles. The fourth-order valence-corrected chi connectivity index (χ4v) is 4.17. The fourth-order valence-electron chi connectivity index (χ4n) is 2.58. The summed E-state index contributed by atoms with van der Waals surface area (Å²) in [5.74, 6) is 0. The number of hydrogen-bond donors (Lipinski definition) is 1. The van der Waals surface area contributed by atoms with Crippen LogP contribution in [0.25, 0.3) is 0 Å². The number of rotatable bonds is 4. The molecule has 0 unspecified atom stereocenters. The van der Waals surface area contributed by atoms with Gasteiger partial charge in [0.05, 0.1) is 11.4 Å². The van der Waals surface area contributed by atoms with Crippen LogP contribution < -0.4 is 9.62 Å². The van der Waals surface area contributed by atoms with Gasteiger partial charge in [0.25, 0.3) is 10.0 Å². The Hall–Kier alpha value is -2.08. The zero-order chi connectivity index (χ0) is 14.9. The van der Waals surface area contributed by atoms with Crippen LogP contribution in [0, 0.1) is 0 Å². The Morgan fingerprint density at radius 2 is 2.05 bits per heavy atom. The first-order valence-electron chi connectivity index (χ1n) is 6.94. The topological polar surface area (TPSA) is 62.3 Å². The molecule has 1 N–H and O–H groups in total. The summed E-state index contributed by atoms with van der Waals surface area (Å²) in [6, 6.07) is 11.1. The number of nitrogens with one attached hydrogen (secondary N) is 1. The van der Waals surface area contributed by atoms with Crippen LogP contribution in [0.15, 0.2) is 47.6 Å². The number of sulfonamides is 1. The van der Waals surface area contributed by atoms with Gasteiger partial charge in [-0.2, -0.15) is 8.42 Å². The third-order valence-electron chi connectivity index (χ3n) is 3.52. The number of fused-ring (bicyclic) bond motifs is 1. The van der Waals surface area contributed by atoms with Crippen molar-refractivity contribution in [3.8, 4) is 0 Å². The Kier molecular flexibility index (Phi) is 3.55. The molecule has 0 atom stereocenters. The summed E-state index contributed by atoms with van der Waals surface area (Å²) >= 11 is 0. The zero-order valence-electron chi connectivity index (χ0n) is 11.8. The van der Waals surface area contributed by atoms with E-state index in [4.69, 9.17) is 0 Å². The quantitative estimate of drug-likeness (QED) is 0.941. The molecule has 3 rings (SSSR count). The van der Waals surface area contributed by atoms with Crippen LogP contribution in [0.3, 0.4) is 0 Å². The molecule has 2 heterocycles. The largest absolute Gasteiger partial charge is 0.383 e. The van der Waals surface area contributed by atoms with E-state index < -0.39 is 10.0 Å². The molecular weight excluding hydrogens is 286 g/mol. The van der Waals surface area contributed by atoms with E-state index in [1.54, 1.807) is 12.1 Å². The van der Waals surface area contributed by atoms with Gasteiger partial charge in [-0.3, -0.25) is 4.31 Å². The molecule has 110 valence electrons. The third kappa shape index (κ3) is 2.35. The van der Waals surface area contributed by atoms with Crippen molar-refractivity contribution in [3.05, 3.63) is 48.2 Å². The highest BCUT2D eigenvalue weighted by atomic mass is 32.2. The minimum atomic E-state index is -3.65. The first kappa shape index (κ1) is 13.9. The second-order valence-corrected chi connectivity index (χ2v) is 6.62. The number of pyridine rings is 1. The van der Waals surface area contributed by atoms with Gasteiger partial charge in [-0.25, -0.2) is 4.98 Å². The highest BCUT2D eigenvalue weighted by molar-refractivity contribution is 7.92. The summed E-state index contributed by atoms with van der Waals surface area (Å²) in [5, 5.41) is 3.15. The highest BCUT2D eigenvalue weighted by Crippen LogP contribution is 2.33. The molecule has 1 aliphatic heterocycles. The average Bonchev–Trinajstić information content (AvgIpc) is 2.93. The first-order chi connectivity index (χ1) is 10.1. The van der Waals surface area contributed by atoms with E-state index >= 15 is 0 Å². The Labute approximate surface area is 124 Å². The van der Waals surface area contributed by atoms with Gasteiger partial charge in [-0.1, -0.05) is 18.2 Å². The third-order valence-corrected chi connectivity index (χ3v) is 5.29. The van der Waals surface area contributed by atoms with Crippen molar-refractivity contribution < 1.29 is 8.42 Å². The summed E-state index contributed by atoms with van der Waals surface area (Å²) in [6.07, 6.45) is 2.24. The molecule has 0 saturated heterocycles. The van der Waals surface area contributed by atoms with Crippen molar-refractivity contribution in [1.82, 2.24) is 4.98 Å². The normalized spacial score (nSPS) is 14.0. The number of benzene rings is 1. The van der Waals surface area contributed by atoms with Crippen molar-refractivity contribution in [3.63, 3.8) is 0 Å². The maximum Gasteiger partial charge on any atom is 0.283 e. The smallest absolute Gasteiger partial charge is 0.283 e. The predicted molar refractivity (Wildman–Crippen MR) is 83.1 cm³/mol. The van der Waals surface area contributed by atoms with Gasteiger partial charge in [0.1, 0.15) is 0 Å². The average molecular weight is 303 g/mol. The second kappa shape index (κ2) is 5.37. The predicted octanol–water partition coefficient (Wildman–Crippen LogP) is 2.26. The standard InChI is InChI=1S/C15H17N3O2S/c1-2-16-13-7-5-10-17-15(13)21(19,20)18-11-9-12-6-3-4-8-14(12)18/h3-8,10,16H,2,9,11H2,1H3. The van der Waals surface area contributed by atoms with Crippen LogP contribution in [0.1, 0.15) is 12.5 Å². The van der Waals surface area contributed by atoms with Crippen molar-refractivity contribution >= 4 is 21.4 Å². The van der Waals surface area contributed by atoms with Crippen molar-refractivity contribution in [2.75, 3.05) is 22.7 Å². The Morgan fingerprint density at radius 3 is 2.86 bits per heavy atom. The van der Waals surface area contributed by atoms with Gasteiger partial charge in [0, 0.05) is 19.3 Å². The lowest BCUT2D eigenvalue weighted by atomic mass is 10.2. The van der Waals surface area contributed by atoms with Gasteiger partial charge in [0.15, 0.2) is 5.03 Å². The van der Waals surface area contributed by atoms with Crippen LogP contribution in [-0.2, 0) is 16.4 Å². The molecule has 21 heavy (non-hydrogen) atoms. The summed E-state index contributed by atoms with van der Waals surface area (Å²) in [6.45, 7) is 3.03. The Balaban J connectivity index is 2.07. The van der Waals surface area contributed by atoms with Gasteiger partial charge >= 0.3 is 0 Å². The minimum Gasteiger partial charge on any atom is -0.383 e. The monoisotopic (exact) mass is 303 g/mol.